The lowest BCUT2D eigenvalue weighted by molar-refractivity contribution is -1.92. The quantitative estimate of drug-likeness (QED) is 0.567. The highest BCUT2D eigenvalue weighted by Crippen LogP contribution is 2.22. The van der Waals surface area contributed by atoms with Crippen LogP contribution in [-0.4, -0.2) is 24.8 Å². The van der Waals surface area contributed by atoms with Crippen molar-refractivity contribution < 1.29 is 33.3 Å². The third-order valence-corrected chi connectivity index (χ3v) is 2.24. The van der Waals surface area contributed by atoms with E-state index in [0.29, 0.717) is 11.8 Å². The van der Waals surface area contributed by atoms with Gasteiger partial charge < -0.3 is 4.42 Å². The number of halogens is 1. The van der Waals surface area contributed by atoms with Gasteiger partial charge in [0.1, 0.15) is 0 Å². The Bertz CT molecular complexity index is 642. The molecule has 0 saturated heterocycles. The maximum absolute atomic E-state index is 8.60. The number of aromatic nitrogens is 4. The Morgan fingerprint density at radius 3 is 1.59 bits per heavy atom. The molecule has 0 aromatic carbocycles. The van der Waals surface area contributed by atoms with Gasteiger partial charge in [-0.15, -0.1) is 10.2 Å². The molecule has 114 valence electrons. The molecule has 0 amide bonds. The lowest BCUT2D eigenvalue weighted by atomic mass is 10.3. The van der Waals surface area contributed by atoms with E-state index in [1.165, 1.54) is 0 Å². The number of nitrogens with zero attached hydrogens (tertiary/aromatic N) is 4. The van der Waals surface area contributed by atoms with Gasteiger partial charge in [-0.1, -0.05) is 0 Å². The summed E-state index contributed by atoms with van der Waals surface area (Å²) >= 11 is 0. The molecule has 0 bridgehead atoms. The predicted molar refractivity (Wildman–Crippen MR) is 63.0 cm³/mol. The van der Waals surface area contributed by atoms with Gasteiger partial charge in [0.15, 0.2) is 0 Å². The van der Waals surface area contributed by atoms with Crippen molar-refractivity contribution in [2.75, 3.05) is 0 Å². The monoisotopic (exact) mass is 324 g/mol. The van der Waals surface area contributed by atoms with Gasteiger partial charge in [-0.05, 0) is 24.3 Å². The molecule has 3 aromatic rings. The topological polar surface area (TPSA) is 154 Å². The fraction of sp³-hybridized carbons (Fsp3) is 0. The number of hydrogen-bond donors (Lipinski definition) is 1. The van der Waals surface area contributed by atoms with Crippen molar-refractivity contribution in [2.45, 2.75) is 0 Å². The molecule has 3 heterocycles. The summed E-state index contributed by atoms with van der Waals surface area (Å²) in [5.74, 6) is 0.911. The van der Waals surface area contributed by atoms with Crippen molar-refractivity contribution >= 4 is 0 Å². The van der Waals surface area contributed by atoms with E-state index in [1.807, 2.05) is 24.3 Å². The zero-order valence-corrected chi connectivity index (χ0v) is 11.6. The minimum Gasteiger partial charge on any atom is -0.416 e. The fourth-order valence-corrected chi connectivity index (χ4v) is 1.44. The summed E-state index contributed by atoms with van der Waals surface area (Å²) in [5.41, 5.74) is 1.60. The second-order valence-electron chi connectivity index (χ2n) is 3.79. The number of rotatable bonds is 2. The Morgan fingerprint density at radius 2 is 1.27 bits per heavy atom. The van der Waals surface area contributed by atoms with Crippen LogP contribution in [-0.2, 0) is 0 Å². The van der Waals surface area contributed by atoms with Gasteiger partial charge in [-0.2, -0.15) is 14.0 Å². The Labute approximate surface area is 126 Å². The van der Waals surface area contributed by atoms with Crippen molar-refractivity contribution in [2.24, 2.45) is 0 Å². The average Bonchev–Trinajstić information content (AvgIpc) is 2.97. The lowest BCUT2D eigenvalue weighted by Gasteiger charge is -2.03. The van der Waals surface area contributed by atoms with Gasteiger partial charge in [-0.3, -0.25) is 9.97 Å². The zero-order valence-electron chi connectivity index (χ0n) is 10.9. The Balaban J connectivity index is 0.000000309. The summed E-state index contributed by atoms with van der Waals surface area (Å²) in [6, 6.07) is 7.38. The predicted octanol–water partition coefficient (Wildman–Crippen LogP) is -1.93. The molecule has 9 nitrogen and oxygen atoms in total. The molecular formula is C12H9ClN4O5. The van der Waals surface area contributed by atoms with E-state index in [1.54, 1.807) is 24.8 Å². The largest absolute Gasteiger partial charge is 0.416 e. The second kappa shape index (κ2) is 7.02. The van der Waals surface area contributed by atoms with Crippen LogP contribution in [0.5, 0.6) is 0 Å². The van der Waals surface area contributed by atoms with Crippen LogP contribution in [0.3, 0.4) is 0 Å². The van der Waals surface area contributed by atoms with Crippen molar-refractivity contribution in [3.63, 3.8) is 0 Å². The molecule has 3 aromatic heterocycles. The highest BCUT2D eigenvalue weighted by atomic mass is 35.7. The summed E-state index contributed by atoms with van der Waals surface area (Å²) in [7, 11) is -4.69. The van der Waals surface area contributed by atoms with Crippen LogP contribution in [0.15, 0.2) is 53.5 Å². The van der Waals surface area contributed by atoms with Crippen LogP contribution in [0.4, 0.5) is 0 Å². The van der Waals surface area contributed by atoms with Gasteiger partial charge in [0.05, 0.1) is 26.0 Å². The maximum Gasteiger partial charge on any atom is 0.249 e. The Hall–Kier alpha value is -2.43. The first-order valence-corrected chi connectivity index (χ1v) is 6.97. The molecule has 0 aliphatic carbocycles. The Morgan fingerprint density at radius 1 is 0.864 bits per heavy atom. The molecule has 0 unspecified atom stereocenters. The summed E-state index contributed by atoms with van der Waals surface area (Å²) < 4.78 is 38.3. The van der Waals surface area contributed by atoms with Crippen molar-refractivity contribution in [1.29, 1.82) is 0 Å². The third kappa shape index (κ3) is 5.16. The normalized spacial score (nSPS) is 10.7. The molecule has 0 fully saturated rings. The first-order chi connectivity index (χ1) is 10.4. The molecule has 10 heteroatoms. The lowest BCUT2D eigenvalue weighted by Crippen LogP contribution is -2.58. The molecule has 0 radical (unpaired) electrons. The van der Waals surface area contributed by atoms with Gasteiger partial charge in [0.25, 0.3) is 0 Å². The molecule has 0 saturated carbocycles. The summed E-state index contributed by atoms with van der Waals surface area (Å²) in [5, 5.41) is 7.96. The summed E-state index contributed by atoms with van der Waals surface area (Å²) in [4.78, 5) is 8.01. The van der Waals surface area contributed by atoms with Crippen LogP contribution < -0.4 is 14.0 Å². The van der Waals surface area contributed by atoms with Gasteiger partial charge >= 0.3 is 0 Å². The molecule has 0 atom stereocenters. The molecule has 0 spiro atoms. The molecule has 0 aliphatic rings. The van der Waals surface area contributed by atoms with E-state index in [4.69, 9.17) is 23.1 Å². The minimum absolute atomic E-state index is 0.456. The second-order valence-corrected chi connectivity index (χ2v) is 4.58. The smallest absolute Gasteiger partial charge is 0.249 e. The first-order valence-electron chi connectivity index (χ1n) is 5.71. The molecule has 22 heavy (non-hydrogen) atoms. The van der Waals surface area contributed by atoms with E-state index < -0.39 is 10.2 Å². The summed E-state index contributed by atoms with van der Waals surface area (Å²) in [6.07, 6.45) is 6.75. The molecular weight excluding hydrogens is 316 g/mol. The van der Waals surface area contributed by atoms with Crippen LogP contribution in [0.1, 0.15) is 0 Å². The van der Waals surface area contributed by atoms with E-state index in [9.17, 15) is 0 Å². The fourth-order valence-electron chi connectivity index (χ4n) is 1.44. The van der Waals surface area contributed by atoms with Crippen LogP contribution in [0.25, 0.3) is 22.9 Å². The van der Waals surface area contributed by atoms with E-state index in [-0.39, 0.29) is 0 Å². The van der Waals surface area contributed by atoms with Crippen molar-refractivity contribution in [3.05, 3.63) is 49.1 Å². The van der Waals surface area contributed by atoms with E-state index >= 15 is 0 Å². The number of hydrogen-bond acceptors (Lipinski definition) is 9. The van der Waals surface area contributed by atoms with E-state index in [2.05, 4.69) is 20.2 Å². The SMILES string of the molecule is [O-][Cl+3]([O-])([O-])O.c1cncc(-c2nnc(-c3cccnc3)o2)c1. The van der Waals surface area contributed by atoms with Crippen LogP contribution in [0, 0.1) is 10.2 Å². The van der Waals surface area contributed by atoms with Gasteiger partial charge in [0.2, 0.25) is 11.8 Å². The van der Waals surface area contributed by atoms with E-state index in [0.717, 1.165) is 11.1 Å². The standard InChI is InChI=1S/C12H8N4O.ClHO4/c1-3-9(7-13-5-1)11-15-16-12(17-11)10-4-2-6-14-8-10;2-1(3,4)5/h1-8H;(H,2,3,4,5). The molecule has 3 rings (SSSR count). The maximum atomic E-state index is 8.60. The van der Waals surface area contributed by atoms with Crippen molar-refractivity contribution in [3.8, 4) is 22.9 Å². The molecule has 1 N–H and O–H groups in total. The first kappa shape index (κ1) is 15.9. The zero-order chi connectivity index (χ0) is 16.0. The highest BCUT2D eigenvalue weighted by Gasteiger charge is 2.09. The molecule has 0 aliphatic heterocycles. The minimum atomic E-state index is -4.69. The number of pyridine rings is 2. The highest BCUT2D eigenvalue weighted by molar-refractivity contribution is 5.55. The van der Waals surface area contributed by atoms with Crippen molar-refractivity contribution in [1.82, 2.24) is 20.2 Å². The van der Waals surface area contributed by atoms with Gasteiger partial charge in [-0.25, -0.2) is 0 Å². The van der Waals surface area contributed by atoms with Gasteiger partial charge in [0, 0.05) is 24.8 Å². The summed E-state index contributed by atoms with van der Waals surface area (Å²) in [6.45, 7) is 0. The van der Waals surface area contributed by atoms with Crippen LogP contribution in [0.2, 0.25) is 0 Å². The third-order valence-electron chi connectivity index (χ3n) is 2.24. The Kier molecular flexibility index (Phi) is 5.09. The average molecular weight is 325 g/mol. The van der Waals surface area contributed by atoms with Crippen LogP contribution >= 0.6 is 0 Å².